The Morgan fingerprint density at radius 2 is 1.50 bits per heavy atom. The molecule has 4 heteroatoms. The van der Waals surface area contributed by atoms with Crippen molar-refractivity contribution in [3.63, 3.8) is 0 Å². The molecule has 3 aromatic heterocycles. The summed E-state index contributed by atoms with van der Waals surface area (Å²) < 4.78 is 8.33. The van der Waals surface area contributed by atoms with E-state index in [1.807, 2.05) is 14.2 Å². The van der Waals surface area contributed by atoms with Crippen LogP contribution in [0, 0.1) is 5.92 Å². The Morgan fingerprint density at radius 3 is 2.06 bits per heavy atom. The van der Waals surface area contributed by atoms with E-state index in [4.69, 9.17) is 0 Å². The van der Waals surface area contributed by atoms with Crippen molar-refractivity contribution in [3.8, 4) is 0 Å². The fourth-order valence-electron chi connectivity index (χ4n) is 5.60. The van der Waals surface area contributed by atoms with Crippen LogP contribution in [-0.4, -0.2) is 23.4 Å². The van der Waals surface area contributed by atoms with E-state index in [1.54, 1.807) is 29.1 Å². The van der Waals surface area contributed by atoms with Crippen LogP contribution < -0.4 is 2.89 Å². The third kappa shape index (κ3) is 5.97. The quantitative estimate of drug-likeness (QED) is 0.162. The number of nitrogens with one attached hydrogen (secondary N) is 1. The summed E-state index contributed by atoms with van der Waals surface area (Å²) in [4.78, 5) is 5.34. The molecule has 1 N–H and O–H groups in total. The summed E-state index contributed by atoms with van der Waals surface area (Å²) in [6, 6.07) is 2.37. The zero-order valence-corrected chi connectivity index (χ0v) is 25.9. The summed E-state index contributed by atoms with van der Waals surface area (Å²) in [6.45, 7) is 12.0. The van der Waals surface area contributed by atoms with Gasteiger partial charge in [-0.25, -0.2) is 0 Å². The van der Waals surface area contributed by atoms with Crippen LogP contribution in [0.1, 0.15) is 104 Å². The third-order valence-electron chi connectivity index (χ3n) is 7.70. The van der Waals surface area contributed by atoms with E-state index in [2.05, 4.69) is 62.4 Å². The average molecular weight is 581 g/mol. The van der Waals surface area contributed by atoms with Crippen molar-refractivity contribution in [1.29, 1.82) is 0 Å². The van der Waals surface area contributed by atoms with Gasteiger partial charge in [-0.1, -0.05) is 0 Å². The van der Waals surface area contributed by atoms with E-state index in [-0.39, 0.29) is 0 Å². The first-order valence-electron chi connectivity index (χ1n) is 13.6. The molecule has 0 aliphatic rings. The zero-order valence-electron chi connectivity index (χ0n) is 21.4. The van der Waals surface area contributed by atoms with E-state index in [1.165, 1.54) is 80.8 Å². The molecule has 0 aliphatic carbocycles. The monoisotopic (exact) mass is 581 g/mol. The molecular weight excluding hydrogens is 533 g/mol. The van der Waals surface area contributed by atoms with Crippen LogP contribution in [0.3, 0.4) is 0 Å². The summed E-state index contributed by atoms with van der Waals surface area (Å²) in [5, 5.41) is 3.78. The van der Waals surface area contributed by atoms with Gasteiger partial charge in [-0.15, -0.1) is 0 Å². The van der Waals surface area contributed by atoms with Crippen molar-refractivity contribution in [1.82, 2.24) is 4.98 Å². The molecule has 32 heavy (non-hydrogen) atoms. The van der Waals surface area contributed by atoms with E-state index in [0.717, 1.165) is 5.92 Å². The molecule has 0 bridgehead atoms. The molecule has 180 valence electrons. The Morgan fingerprint density at radius 1 is 0.875 bits per heavy atom. The van der Waals surface area contributed by atoms with Gasteiger partial charge in [0.25, 0.3) is 0 Å². The van der Waals surface area contributed by atoms with Crippen LogP contribution in [0.25, 0.3) is 20.4 Å². The molecule has 0 saturated carbocycles. The minimum absolute atomic E-state index is 0.848. The second-order valence-electron chi connectivity index (χ2n) is 10.1. The topological polar surface area (TPSA) is 15.8 Å². The number of aromatic nitrogens is 1. The van der Waals surface area contributed by atoms with Gasteiger partial charge in [-0.3, -0.25) is 0 Å². The number of aromatic amines is 1. The number of unbranched alkanes of at least 4 members (excludes halogenated alkanes) is 4. The molecule has 1 nitrogen and oxygen atoms in total. The van der Waals surface area contributed by atoms with Crippen molar-refractivity contribution in [2.45, 2.75) is 119 Å². The predicted molar refractivity (Wildman–Crippen MR) is 153 cm³/mol. The first-order chi connectivity index (χ1) is 15.6. The van der Waals surface area contributed by atoms with Gasteiger partial charge in [0.15, 0.2) is 0 Å². The molecule has 3 rings (SSSR count). The van der Waals surface area contributed by atoms with Crippen molar-refractivity contribution >= 4 is 64.4 Å². The Kier molecular flexibility index (Phi) is 11.0. The van der Waals surface area contributed by atoms with Crippen molar-refractivity contribution in [3.05, 3.63) is 17.0 Å². The average Bonchev–Trinajstić information content (AvgIpc) is 3.49. The second-order valence-corrected chi connectivity index (χ2v) is 26.1. The normalized spacial score (nSPS) is 13.5. The molecule has 0 aromatic carbocycles. The molecular formula is C28H47NS2Sn. The van der Waals surface area contributed by atoms with Gasteiger partial charge >= 0.3 is 211 Å². The zero-order chi connectivity index (χ0) is 23.0. The first kappa shape index (κ1) is 26.6. The van der Waals surface area contributed by atoms with Crippen molar-refractivity contribution in [2.24, 2.45) is 5.92 Å². The molecule has 0 aliphatic heterocycles. The van der Waals surface area contributed by atoms with Crippen LogP contribution in [0.5, 0.6) is 0 Å². The fraction of sp³-hybridized carbons (Fsp3) is 0.714. The van der Waals surface area contributed by atoms with Gasteiger partial charge < -0.3 is 0 Å². The maximum atomic E-state index is 3.94. The van der Waals surface area contributed by atoms with Gasteiger partial charge in [-0.2, -0.15) is 0 Å². The van der Waals surface area contributed by atoms with Gasteiger partial charge in [-0.05, 0) is 0 Å². The van der Waals surface area contributed by atoms with Gasteiger partial charge in [0.05, 0.1) is 0 Å². The van der Waals surface area contributed by atoms with E-state index < -0.39 is 18.4 Å². The van der Waals surface area contributed by atoms with E-state index in [0.29, 0.717) is 0 Å². The Hall–Kier alpha value is -0.00130. The Balaban J connectivity index is 2.15. The molecule has 0 radical (unpaired) electrons. The summed E-state index contributed by atoms with van der Waals surface area (Å²) in [7, 11) is 0. The first-order valence-corrected chi connectivity index (χ1v) is 22.8. The van der Waals surface area contributed by atoms with Crippen LogP contribution in [0.2, 0.25) is 13.3 Å². The number of hydrogen-bond donors (Lipinski definition) is 1. The fourth-order valence-corrected chi connectivity index (χ4v) is 27.9. The molecule has 1 atom stereocenters. The standard InChI is InChI=1S/C16H20NS2.3C4H9.Sn/c1-3-5-6-11(4-2)9-12-10-19-15-13-7-8-18-16(13)17-14(12)15;3*1-3-4-2;/h7-8,11,17H,3-6,9H2,1-2H3;3*1,3-4H2,2H3;. The molecule has 0 saturated heterocycles. The molecule has 0 spiro atoms. The van der Waals surface area contributed by atoms with Crippen molar-refractivity contribution < 1.29 is 0 Å². The van der Waals surface area contributed by atoms with Gasteiger partial charge in [0, 0.05) is 0 Å². The summed E-state index contributed by atoms with van der Waals surface area (Å²) in [5.74, 6) is 0.848. The second kappa shape index (κ2) is 13.2. The molecule has 3 aromatic rings. The predicted octanol–water partition coefficient (Wildman–Crippen LogP) is 10.3. The van der Waals surface area contributed by atoms with E-state index >= 15 is 0 Å². The number of thiophene rings is 2. The number of fused-ring (bicyclic) bond motifs is 3. The molecule has 0 fully saturated rings. The number of rotatable bonds is 16. The minimum atomic E-state index is -2.47. The molecule has 1 unspecified atom stereocenters. The SMILES string of the molecule is CCCCC(CC)Cc1[c]([Sn]([CH2]CCC)([CH2]CCC)[CH2]CCC)sc2c1[nH]c1sccc12. The van der Waals surface area contributed by atoms with Crippen LogP contribution in [0.15, 0.2) is 11.4 Å². The summed E-state index contributed by atoms with van der Waals surface area (Å²) in [5.41, 5.74) is 3.35. The third-order valence-corrected chi connectivity index (χ3v) is 28.2. The number of hydrogen-bond acceptors (Lipinski definition) is 2. The van der Waals surface area contributed by atoms with Crippen LogP contribution >= 0.6 is 22.7 Å². The molecule has 0 amide bonds. The Bertz CT molecular complexity index is 912. The maximum absolute atomic E-state index is 3.94. The van der Waals surface area contributed by atoms with Crippen molar-refractivity contribution in [2.75, 3.05) is 0 Å². The Labute approximate surface area is 209 Å². The number of H-pyrrole nitrogens is 1. The summed E-state index contributed by atoms with van der Waals surface area (Å²) >= 11 is 1.69. The van der Waals surface area contributed by atoms with Gasteiger partial charge in [0.2, 0.25) is 0 Å². The van der Waals surface area contributed by atoms with E-state index in [9.17, 15) is 0 Å². The van der Waals surface area contributed by atoms with Gasteiger partial charge in [0.1, 0.15) is 0 Å². The van der Waals surface area contributed by atoms with Crippen LogP contribution in [0.4, 0.5) is 0 Å². The van der Waals surface area contributed by atoms with Crippen LogP contribution in [-0.2, 0) is 6.42 Å². The summed E-state index contributed by atoms with van der Waals surface area (Å²) in [6.07, 6.45) is 15.2. The molecule has 3 heterocycles.